The van der Waals surface area contributed by atoms with E-state index >= 15 is 0 Å². The molecule has 0 saturated carbocycles. The average Bonchev–Trinajstić information content (AvgIpc) is 2.72. The van der Waals surface area contributed by atoms with Crippen LogP contribution < -0.4 is 29.6 Å². The molecule has 7 nitrogen and oxygen atoms in total. The summed E-state index contributed by atoms with van der Waals surface area (Å²) < 4.78 is 34.7. The summed E-state index contributed by atoms with van der Waals surface area (Å²) >= 11 is 0. The normalized spacial score (nSPS) is 11.0. The molecule has 0 heterocycles. The zero-order chi connectivity index (χ0) is 20.4. The number of aliphatic imine (C=N–C) groups is 1. The van der Waals surface area contributed by atoms with E-state index in [-0.39, 0.29) is 5.82 Å². The quantitative estimate of drug-likeness (QED) is 0.389. The molecule has 152 valence electrons. The van der Waals surface area contributed by atoms with Gasteiger partial charge in [0, 0.05) is 19.7 Å². The second-order valence-corrected chi connectivity index (χ2v) is 5.69. The molecule has 0 aliphatic heterocycles. The molecule has 8 heteroatoms. The molecule has 0 amide bonds. The molecule has 2 rings (SSSR count). The fourth-order valence-corrected chi connectivity index (χ4v) is 2.54. The van der Waals surface area contributed by atoms with Crippen molar-refractivity contribution in [2.75, 3.05) is 41.5 Å². The molecule has 0 unspecified atom stereocenters. The minimum atomic E-state index is -0.326. The first-order valence-electron chi connectivity index (χ1n) is 8.73. The van der Waals surface area contributed by atoms with Gasteiger partial charge in [-0.3, -0.25) is 4.99 Å². The van der Waals surface area contributed by atoms with Gasteiger partial charge in [0.2, 0.25) is 5.75 Å². The molecule has 2 aromatic rings. The predicted octanol–water partition coefficient (Wildman–Crippen LogP) is 2.60. The first kappa shape index (κ1) is 21.1. The Bertz CT molecular complexity index is 774. The number of nitrogens with zero attached hydrogens (tertiary/aromatic N) is 1. The van der Waals surface area contributed by atoms with Crippen molar-refractivity contribution >= 4 is 5.96 Å². The van der Waals surface area contributed by atoms with Gasteiger partial charge in [-0.2, -0.15) is 0 Å². The minimum Gasteiger partial charge on any atom is -0.493 e. The van der Waals surface area contributed by atoms with E-state index in [1.807, 2.05) is 12.1 Å². The topological polar surface area (TPSA) is 73.3 Å². The summed E-state index contributed by atoms with van der Waals surface area (Å²) in [7, 11) is 6.40. The molecule has 0 fully saturated rings. The van der Waals surface area contributed by atoms with Gasteiger partial charge < -0.3 is 29.6 Å². The summed E-state index contributed by atoms with van der Waals surface area (Å²) in [5.41, 5.74) is 0.938. The lowest BCUT2D eigenvalue weighted by molar-refractivity contribution is 0.320. The van der Waals surface area contributed by atoms with E-state index in [2.05, 4.69) is 15.6 Å². The molecule has 28 heavy (non-hydrogen) atoms. The molecule has 0 bridgehead atoms. The summed E-state index contributed by atoms with van der Waals surface area (Å²) in [6.45, 7) is 1.38. The Balaban J connectivity index is 1.86. The Morgan fingerprint density at radius 2 is 1.71 bits per heavy atom. The third kappa shape index (κ3) is 5.94. The maximum atomic E-state index is 13.1. The smallest absolute Gasteiger partial charge is 0.203 e. The van der Waals surface area contributed by atoms with Gasteiger partial charge in [0.05, 0.1) is 27.9 Å². The highest BCUT2D eigenvalue weighted by molar-refractivity contribution is 5.79. The van der Waals surface area contributed by atoms with Crippen LogP contribution in [0.2, 0.25) is 0 Å². The van der Waals surface area contributed by atoms with Crippen molar-refractivity contribution in [3.8, 4) is 23.0 Å². The summed E-state index contributed by atoms with van der Waals surface area (Å²) in [5, 5.41) is 6.34. The Morgan fingerprint density at radius 3 is 2.29 bits per heavy atom. The first-order chi connectivity index (χ1) is 13.6. The molecule has 2 N–H and O–H groups in total. The predicted molar refractivity (Wildman–Crippen MR) is 106 cm³/mol. The van der Waals surface area contributed by atoms with Gasteiger partial charge in [-0.05, 0) is 29.8 Å². The van der Waals surface area contributed by atoms with E-state index < -0.39 is 0 Å². The molecule has 0 aliphatic carbocycles. The lowest BCUT2D eigenvalue weighted by atomic mass is 10.2. The van der Waals surface area contributed by atoms with Crippen molar-refractivity contribution < 1.29 is 23.3 Å². The highest BCUT2D eigenvalue weighted by atomic mass is 19.1. The number of hydrogen-bond donors (Lipinski definition) is 2. The van der Waals surface area contributed by atoms with Crippen LogP contribution in [0.15, 0.2) is 41.4 Å². The maximum absolute atomic E-state index is 13.1. The number of ether oxygens (including phenoxy) is 4. The summed E-state index contributed by atoms with van der Waals surface area (Å²) in [5.74, 6) is 2.49. The molecule has 0 saturated heterocycles. The van der Waals surface area contributed by atoms with Crippen LogP contribution in [0.25, 0.3) is 0 Å². The zero-order valence-corrected chi connectivity index (χ0v) is 16.5. The van der Waals surface area contributed by atoms with Crippen molar-refractivity contribution in [3.05, 3.63) is 47.8 Å². The van der Waals surface area contributed by atoms with Crippen LogP contribution in [0.1, 0.15) is 5.56 Å². The van der Waals surface area contributed by atoms with E-state index in [1.165, 1.54) is 12.1 Å². The number of benzene rings is 2. The van der Waals surface area contributed by atoms with Gasteiger partial charge in [0.15, 0.2) is 17.5 Å². The van der Waals surface area contributed by atoms with Gasteiger partial charge in [-0.25, -0.2) is 4.39 Å². The third-order valence-electron chi connectivity index (χ3n) is 3.87. The lowest BCUT2D eigenvalue weighted by Gasteiger charge is -2.16. The summed E-state index contributed by atoms with van der Waals surface area (Å²) in [6.07, 6.45) is 0. The Morgan fingerprint density at radius 1 is 1.00 bits per heavy atom. The van der Waals surface area contributed by atoms with Gasteiger partial charge in [0.1, 0.15) is 18.2 Å². The molecule has 0 aliphatic rings. The van der Waals surface area contributed by atoms with Crippen molar-refractivity contribution in [3.63, 3.8) is 0 Å². The second kappa shape index (κ2) is 10.9. The summed E-state index contributed by atoms with van der Waals surface area (Å²) in [4.78, 5) is 4.17. The highest BCUT2D eigenvalue weighted by Gasteiger charge is 2.13. The largest absolute Gasteiger partial charge is 0.493 e. The molecule has 0 spiro atoms. The van der Waals surface area contributed by atoms with Gasteiger partial charge in [-0.15, -0.1) is 0 Å². The van der Waals surface area contributed by atoms with E-state index in [9.17, 15) is 4.39 Å². The van der Waals surface area contributed by atoms with Crippen LogP contribution in [0, 0.1) is 5.82 Å². The SMILES string of the molecule is CN=C(NCCOc1cccc(F)c1)NCc1cc(OC)c(OC)c(OC)c1. The molecule has 0 atom stereocenters. The maximum Gasteiger partial charge on any atom is 0.203 e. The summed E-state index contributed by atoms with van der Waals surface area (Å²) in [6, 6.07) is 9.78. The minimum absolute atomic E-state index is 0.326. The van der Waals surface area contributed by atoms with Crippen molar-refractivity contribution in [1.82, 2.24) is 10.6 Å². The van der Waals surface area contributed by atoms with Crippen LogP contribution in [0.3, 0.4) is 0 Å². The van der Waals surface area contributed by atoms with Crippen LogP contribution in [-0.4, -0.2) is 47.5 Å². The average molecular weight is 391 g/mol. The fourth-order valence-electron chi connectivity index (χ4n) is 2.54. The van der Waals surface area contributed by atoms with Crippen molar-refractivity contribution in [2.45, 2.75) is 6.54 Å². The van der Waals surface area contributed by atoms with Gasteiger partial charge in [-0.1, -0.05) is 6.07 Å². The Labute approximate surface area is 164 Å². The monoisotopic (exact) mass is 391 g/mol. The molecular weight excluding hydrogens is 365 g/mol. The van der Waals surface area contributed by atoms with Crippen molar-refractivity contribution in [2.24, 2.45) is 4.99 Å². The van der Waals surface area contributed by atoms with Crippen LogP contribution in [-0.2, 0) is 6.54 Å². The number of guanidine groups is 1. The van der Waals surface area contributed by atoms with E-state index in [0.717, 1.165) is 5.56 Å². The van der Waals surface area contributed by atoms with E-state index in [4.69, 9.17) is 18.9 Å². The standard InChI is InChI=1S/C20H26FN3O4/c1-22-20(23-8-9-28-16-7-5-6-15(21)12-16)24-13-14-10-17(25-2)19(27-4)18(11-14)26-3/h5-7,10-12H,8-9,13H2,1-4H3,(H2,22,23,24). The van der Waals surface area contributed by atoms with Crippen LogP contribution in [0.4, 0.5) is 4.39 Å². The fraction of sp³-hybridized carbons (Fsp3) is 0.350. The number of hydrogen-bond acceptors (Lipinski definition) is 5. The van der Waals surface area contributed by atoms with E-state index in [1.54, 1.807) is 40.5 Å². The molecule has 2 aromatic carbocycles. The Kier molecular flexibility index (Phi) is 8.20. The molecular formula is C20H26FN3O4. The third-order valence-corrected chi connectivity index (χ3v) is 3.87. The van der Waals surface area contributed by atoms with Crippen LogP contribution in [0.5, 0.6) is 23.0 Å². The number of nitrogens with one attached hydrogen (secondary N) is 2. The molecule has 0 aromatic heterocycles. The highest BCUT2D eigenvalue weighted by Crippen LogP contribution is 2.38. The number of halogens is 1. The number of rotatable bonds is 9. The van der Waals surface area contributed by atoms with Gasteiger partial charge in [0.25, 0.3) is 0 Å². The zero-order valence-electron chi connectivity index (χ0n) is 16.5. The lowest BCUT2D eigenvalue weighted by Crippen LogP contribution is -2.38. The first-order valence-corrected chi connectivity index (χ1v) is 8.73. The van der Waals surface area contributed by atoms with Crippen LogP contribution >= 0.6 is 0 Å². The Hall–Kier alpha value is -3.16. The second-order valence-electron chi connectivity index (χ2n) is 5.69. The van der Waals surface area contributed by atoms with Gasteiger partial charge >= 0.3 is 0 Å². The molecule has 0 radical (unpaired) electrons. The van der Waals surface area contributed by atoms with Crippen molar-refractivity contribution in [1.29, 1.82) is 0 Å². The van der Waals surface area contributed by atoms with E-state index in [0.29, 0.717) is 48.7 Å². The number of methoxy groups -OCH3 is 3.